The molecule has 0 saturated heterocycles. The number of fused-ring (bicyclic) bond motifs is 1. The predicted octanol–water partition coefficient (Wildman–Crippen LogP) is 3.16. The number of furan rings is 1. The molecule has 30 heavy (non-hydrogen) atoms. The van der Waals surface area contributed by atoms with E-state index in [0.29, 0.717) is 34.6 Å². The maximum absolute atomic E-state index is 13.2. The molecular weight excluding hydrogens is 402 g/mol. The fourth-order valence-corrected chi connectivity index (χ4v) is 3.84. The Morgan fingerprint density at radius 2 is 2.17 bits per heavy atom. The summed E-state index contributed by atoms with van der Waals surface area (Å²) in [5, 5.41) is 9.75. The van der Waals surface area contributed by atoms with Gasteiger partial charge in [0.15, 0.2) is 5.65 Å². The first-order chi connectivity index (χ1) is 14.6. The van der Waals surface area contributed by atoms with Crippen LogP contribution in [0.1, 0.15) is 23.0 Å². The Balaban J connectivity index is 1.58. The van der Waals surface area contributed by atoms with E-state index in [0.717, 1.165) is 4.88 Å². The number of hydrogen-bond donors (Lipinski definition) is 1. The number of carbonyl (C=O) groups is 2. The van der Waals surface area contributed by atoms with Gasteiger partial charge in [-0.25, -0.2) is 9.67 Å². The van der Waals surface area contributed by atoms with Crippen molar-refractivity contribution in [1.29, 1.82) is 0 Å². The molecule has 9 heteroatoms. The molecule has 0 aliphatic heterocycles. The summed E-state index contributed by atoms with van der Waals surface area (Å²) < 4.78 is 6.97. The fourth-order valence-electron chi connectivity index (χ4n) is 3.15. The third-order valence-electron chi connectivity index (χ3n) is 4.68. The fraction of sp³-hybridized carbons (Fsp3) is 0.238. The number of likely N-dealkylation sites (N-methyl/N-ethyl adjacent to an activating group) is 1. The van der Waals surface area contributed by atoms with E-state index >= 15 is 0 Å². The third-order valence-corrected chi connectivity index (χ3v) is 5.57. The summed E-state index contributed by atoms with van der Waals surface area (Å²) in [7, 11) is 1.61. The highest BCUT2D eigenvalue weighted by atomic mass is 32.1. The molecule has 0 unspecified atom stereocenters. The largest absolute Gasteiger partial charge is 0.467 e. The Kier molecular flexibility index (Phi) is 5.62. The van der Waals surface area contributed by atoms with Crippen molar-refractivity contribution in [2.75, 3.05) is 13.6 Å². The van der Waals surface area contributed by atoms with Crippen LogP contribution in [0.25, 0.3) is 21.6 Å². The van der Waals surface area contributed by atoms with Crippen LogP contribution >= 0.6 is 11.3 Å². The van der Waals surface area contributed by atoms with E-state index in [1.54, 1.807) is 53.7 Å². The second kappa shape index (κ2) is 8.50. The van der Waals surface area contributed by atoms with Crippen molar-refractivity contribution < 1.29 is 14.0 Å². The maximum atomic E-state index is 13.2. The summed E-state index contributed by atoms with van der Waals surface area (Å²) in [6.45, 7) is 2.82. The van der Waals surface area contributed by atoms with E-state index < -0.39 is 0 Å². The SMILES string of the molecule is CCn1ncc2c(C(=O)N(C)CC(=O)NCc3ccco3)cc(-c3cccs3)nc21. The lowest BCUT2D eigenvalue weighted by Gasteiger charge is -2.17. The smallest absolute Gasteiger partial charge is 0.254 e. The Hall–Kier alpha value is -3.46. The number of nitrogens with zero attached hydrogens (tertiary/aromatic N) is 4. The summed E-state index contributed by atoms with van der Waals surface area (Å²) in [6.07, 6.45) is 3.20. The average Bonchev–Trinajstić information content (AvgIpc) is 3.52. The molecule has 0 radical (unpaired) electrons. The van der Waals surface area contributed by atoms with Gasteiger partial charge in [0, 0.05) is 13.6 Å². The molecule has 0 aliphatic rings. The molecule has 4 heterocycles. The molecule has 2 amide bonds. The molecule has 0 fully saturated rings. The van der Waals surface area contributed by atoms with Crippen molar-refractivity contribution in [2.24, 2.45) is 0 Å². The highest BCUT2D eigenvalue weighted by molar-refractivity contribution is 7.13. The van der Waals surface area contributed by atoms with Crippen LogP contribution < -0.4 is 5.32 Å². The Morgan fingerprint density at radius 3 is 2.87 bits per heavy atom. The summed E-state index contributed by atoms with van der Waals surface area (Å²) in [6, 6.07) is 9.22. The van der Waals surface area contributed by atoms with Gasteiger partial charge in [0.1, 0.15) is 5.76 Å². The number of aromatic nitrogens is 3. The summed E-state index contributed by atoms with van der Waals surface area (Å²) in [4.78, 5) is 32.6. The van der Waals surface area contributed by atoms with Crippen molar-refractivity contribution in [3.05, 3.63) is 59.5 Å². The van der Waals surface area contributed by atoms with E-state index in [2.05, 4.69) is 10.4 Å². The number of rotatable bonds is 7. The number of pyridine rings is 1. The third kappa shape index (κ3) is 3.97. The second-order valence-corrected chi connectivity index (χ2v) is 7.69. The average molecular weight is 423 g/mol. The first-order valence-electron chi connectivity index (χ1n) is 9.51. The number of nitrogens with one attached hydrogen (secondary N) is 1. The van der Waals surface area contributed by atoms with Crippen LogP contribution in [0, 0.1) is 0 Å². The first-order valence-corrected chi connectivity index (χ1v) is 10.4. The number of aryl methyl sites for hydroxylation is 1. The van der Waals surface area contributed by atoms with Gasteiger partial charge in [-0.3, -0.25) is 9.59 Å². The summed E-state index contributed by atoms with van der Waals surface area (Å²) >= 11 is 1.56. The van der Waals surface area contributed by atoms with E-state index in [1.165, 1.54) is 4.90 Å². The lowest BCUT2D eigenvalue weighted by atomic mass is 10.1. The van der Waals surface area contributed by atoms with Crippen LogP contribution in [-0.2, 0) is 17.9 Å². The molecule has 0 aromatic carbocycles. The molecule has 4 rings (SSSR count). The van der Waals surface area contributed by atoms with E-state index in [-0.39, 0.29) is 24.9 Å². The van der Waals surface area contributed by atoms with Crippen LogP contribution in [-0.4, -0.2) is 45.1 Å². The Labute approximate surface area is 177 Å². The standard InChI is InChI=1S/C21H21N5O3S/c1-3-26-20-16(12-23-26)15(10-17(24-20)18-7-5-9-30-18)21(28)25(2)13-19(27)22-11-14-6-4-8-29-14/h4-10,12H,3,11,13H2,1-2H3,(H,22,27). The van der Waals surface area contributed by atoms with E-state index in [1.807, 2.05) is 24.4 Å². The van der Waals surface area contributed by atoms with E-state index in [4.69, 9.17) is 9.40 Å². The molecule has 0 spiro atoms. The van der Waals surface area contributed by atoms with Gasteiger partial charge in [-0.1, -0.05) is 6.07 Å². The molecule has 154 valence electrons. The molecule has 4 aromatic heterocycles. The molecule has 1 N–H and O–H groups in total. The van der Waals surface area contributed by atoms with Crippen LogP contribution in [0.15, 0.2) is 52.6 Å². The topological polar surface area (TPSA) is 93.3 Å². The highest BCUT2D eigenvalue weighted by Crippen LogP contribution is 2.28. The van der Waals surface area contributed by atoms with Crippen LogP contribution in [0.5, 0.6) is 0 Å². The highest BCUT2D eigenvalue weighted by Gasteiger charge is 2.21. The normalized spacial score (nSPS) is 11.0. The van der Waals surface area contributed by atoms with Crippen LogP contribution in [0.3, 0.4) is 0 Å². The van der Waals surface area contributed by atoms with Crippen molar-refractivity contribution in [3.8, 4) is 10.6 Å². The maximum Gasteiger partial charge on any atom is 0.254 e. The number of thiophene rings is 1. The lowest BCUT2D eigenvalue weighted by Crippen LogP contribution is -2.38. The van der Waals surface area contributed by atoms with Gasteiger partial charge in [-0.15, -0.1) is 11.3 Å². The minimum atomic E-state index is -0.268. The number of hydrogen-bond acceptors (Lipinski definition) is 6. The minimum absolute atomic E-state index is 0.0698. The first kappa shape index (κ1) is 19.8. The van der Waals surface area contributed by atoms with Crippen molar-refractivity contribution in [3.63, 3.8) is 0 Å². The zero-order valence-electron chi connectivity index (χ0n) is 16.7. The van der Waals surface area contributed by atoms with Crippen molar-refractivity contribution >= 4 is 34.2 Å². The van der Waals surface area contributed by atoms with Crippen molar-refractivity contribution in [1.82, 2.24) is 25.0 Å². The quantitative estimate of drug-likeness (QED) is 0.493. The Bertz CT molecular complexity index is 1170. The van der Waals surface area contributed by atoms with Crippen molar-refractivity contribution in [2.45, 2.75) is 20.0 Å². The molecule has 0 atom stereocenters. The van der Waals surface area contributed by atoms with Gasteiger partial charge < -0.3 is 14.6 Å². The number of amides is 2. The van der Waals surface area contributed by atoms with Crippen LogP contribution in [0.2, 0.25) is 0 Å². The van der Waals surface area contributed by atoms with E-state index in [9.17, 15) is 9.59 Å². The van der Waals surface area contributed by atoms with Gasteiger partial charge in [0.25, 0.3) is 5.91 Å². The lowest BCUT2D eigenvalue weighted by molar-refractivity contribution is -0.121. The summed E-state index contributed by atoms with van der Waals surface area (Å²) in [5.41, 5.74) is 1.85. The molecule has 8 nitrogen and oxygen atoms in total. The van der Waals surface area contributed by atoms with Gasteiger partial charge >= 0.3 is 0 Å². The van der Waals surface area contributed by atoms with Gasteiger partial charge in [-0.05, 0) is 36.6 Å². The van der Waals surface area contributed by atoms with Gasteiger partial charge in [0.2, 0.25) is 5.91 Å². The molecule has 4 aromatic rings. The van der Waals surface area contributed by atoms with Gasteiger partial charge in [-0.2, -0.15) is 5.10 Å². The number of carbonyl (C=O) groups excluding carboxylic acids is 2. The molecule has 0 saturated carbocycles. The van der Waals surface area contributed by atoms with Gasteiger partial charge in [0.05, 0.1) is 47.1 Å². The predicted molar refractivity (Wildman–Crippen MR) is 114 cm³/mol. The molecule has 0 bridgehead atoms. The Morgan fingerprint density at radius 1 is 1.30 bits per heavy atom. The second-order valence-electron chi connectivity index (χ2n) is 6.75. The molecule has 0 aliphatic carbocycles. The van der Waals surface area contributed by atoms with Crippen LogP contribution in [0.4, 0.5) is 0 Å². The molecular formula is C21H21N5O3S. The zero-order valence-corrected chi connectivity index (χ0v) is 17.5. The zero-order chi connectivity index (χ0) is 21.1. The monoisotopic (exact) mass is 423 g/mol. The summed E-state index contributed by atoms with van der Waals surface area (Å²) in [5.74, 6) is 0.125. The minimum Gasteiger partial charge on any atom is -0.467 e.